The van der Waals surface area contributed by atoms with Gasteiger partial charge >= 0.3 is 5.97 Å². The Balaban J connectivity index is 2.37. The van der Waals surface area contributed by atoms with Gasteiger partial charge in [-0.3, -0.25) is 4.79 Å². The van der Waals surface area contributed by atoms with Crippen LogP contribution in [0.25, 0.3) is 0 Å². The SMILES string of the molecule is CNC(C)C(=O)N1CCc2ccccc2C1C(=O)O. The Morgan fingerprint density at radius 2 is 2.11 bits per heavy atom. The maximum Gasteiger partial charge on any atom is 0.331 e. The maximum absolute atomic E-state index is 12.3. The zero-order chi connectivity index (χ0) is 14.0. The summed E-state index contributed by atoms with van der Waals surface area (Å²) in [5, 5.41) is 12.3. The van der Waals surface area contributed by atoms with Gasteiger partial charge in [0.2, 0.25) is 5.91 Å². The average molecular weight is 262 g/mol. The molecular formula is C14H18N2O3. The van der Waals surface area contributed by atoms with E-state index in [1.54, 1.807) is 20.0 Å². The van der Waals surface area contributed by atoms with Crippen molar-refractivity contribution in [3.05, 3.63) is 35.4 Å². The zero-order valence-electron chi connectivity index (χ0n) is 11.1. The molecule has 0 aliphatic carbocycles. The maximum atomic E-state index is 12.3. The van der Waals surface area contributed by atoms with Gasteiger partial charge in [0, 0.05) is 6.54 Å². The van der Waals surface area contributed by atoms with Gasteiger partial charge in [-0.2, -0.15) is 0 Å². The van der Waals surface area contributed by atoms with E-state index in [9.17, 15) is 14.7 Å². The number of amides is 1. The fourth-order valence-electron chi connectivity index (χ4n) is 2.44. The van der Waals surface area contributed by atoms with Crippen LogP contribution in [-0.2, 0) is 16.0 Å². The van der Waals surface area contributed by atoms with E-state index in [1.807, 2.05) is 18.2 Å². The molecule has 5 heteroatoms. The molecule has 2 rings (SSSR count). The second-order valence-corrected chi connectivity index (χ2v) is 4.73. The number of fused-ring (bicyclic) bond motifs is 1. The minimum atomic E-state index is -0.983. The number of nitrogens with one attached hydrogen (secondary N) is 1. The van der Waals surface area contributed by atoms with Gasteiger partial charge in [0.05, 0.1) is 6.04 Å². The first-order valence-electron chi connectivity index (χ1n) is 6.34. The van der Waals surface area contributed by atoms with Crippen molar-refractivity contribution < 1.29 is 14.7 Å². The van der Waals surface area contributed by atoms with Crippen LogP contribution in [0.4, 0.5) is 0 Å². The van der Waals surface area contributed by atoms with E-state index >= 15 is 0 Å². The molecule has 2 N–H and O–H groups in total. The molecule has 5 nitrogen and oxygen atoms in total. The van der Waals surface area contributed by atoms with Crippen molar-refractivity contribution in [1.82, 2.24) is 10.2 Å². The molecular weight excluding hydrogens is 244 g/mol. The van der Waals surface area contributed by atoms with Crippen LogP contribution >= 0.6 is 0 Å². The minimum Gasteiger partial charge on any atom is -0.479 e. The molecule has 2 atom stereocenters. The molecule has 0 spiro atoms. The van der Waals surface area contributed by atoms with Gasteiger partial charge in [-0.15, -0.1) is 0 Å². The summed E-state index contributed by atoms with van der Waals surface area (Å²) in [4.78, 5) is 25.2. The fraction of sp³-hybridized carbons (Fsp3) is 0.429. The third kappa shape index (κ3) is 2.46. The summed E-state index contributed by atoms with van der Waals surface area (Å²) in [5.74, 6) is -1.16. The summed E-state index contributed by atoms with van der Waals surface area (Å²) in [6, 6.07) is 6.15. The van der Waals surface area contributed by atoms with Gasteiger partial charge in [-0.1, -0.05) is 24.3 Å². The highest BCUT2D eigenvalue weighted by molar-refractivity contribution is 5.88. The Kier molecular flexibility index (Phi) is 3.85. The first-order valence-corrected chi connectivity index (χ1v) is 6.34. The topological polar surface area (TPSA) is 69.6 Å². The lowest BCUT2D eigenvalue weighted by atomic mass is 9.92. The number of carboxylic acids is 1. The fourth-order valence-corrected chi connectivity index (χ4v) is 2.44. The van der Waals surface area contributed by atoms with E-state index in [-0.39, 0.29) is 11.9 Å². The molecule has 1 aliphatic heterocycles. The first kappa shape index (κ1) is 13.5. The molecule has 0 bridgehead atoms. The van der Waals surface area contributed by atoms with Crippen LogP contribution in [0.2, 0.25) is 0 Å². The molecule has 1 amide bonds. The summed E-state index contributed by atoms with van der Waals surface area (Å²) in [6.07, 6.45) is 0.697. The monoisotopic (exact) mass is 262 g/mol. The lowest BCUT2D eigenvalue weighted by Gasteiger charge is -2.36. The van der Waals surface area contributed by atoms with Gasteiger partial charge in [0.1, 0.15) is 0 Å². The largest absolute Gasteiger partial charge is 0.479 e. The molecule has 0 saturated carbocycles. The predicted molar refractivity (Wildman–Crippen MR) is 70.8 cm³/mol. The number of carboxylic acid groups (broad SMARTS) is 1. The van der Waals surface area contributed by atoms with Crippen molar-refractivity contribution in [2.75, 3.05) is 13.6 Å². The van der Waals surface area contributed by atoms with Crippen molar-refractivity contribution in [3.8, 4) is 0 Å². The standard InChI is InChI=1S/C14H18N2O3/c1-9(15-2)13(17)16-8-7-10-5-3-4-6-11(10)12(16)14(18)19/h3-6,9,12,15H,7-8H2,1-2H3,(H,18,19). The van der Waals surface area contributed by atoms with Crippen LogP contribution in [-0.4, -0.2) is 41.5 Å². The third-order valence-corrected chi connectivity index (χ3v) is 3.60. The van der Waals surface area contributed by atoms with E-state index in [0.717, 1.165) is 11.1 Å². The van der Waals surface area contributed by atoms with E-state index < -0.39 is 12.0 Å². The van der Waals surface area contributed by atoms with Crippen molar-refractivity contribution in [3.63, 3.8) is 0 Å². The van der Waals surface area contributed by atoms with Crippen molar-refractivity contribution in [2.45, 2.75) is 25.4 Å². The highest BCUT2D eigenvalue weighted by atomic mass is 16.4. The van der Waals surface area contributed by atoms with Crippen molar-refractivity contribution >= 4 is 11.9 Å². The Morgan fingerprint density at radius 1 is 1.42 bits per heavy atom. The summed E-state index contributed by atoms with van der Waals surface area (Å²) < 4.78 is 0. The number of hydrogen-bond donors (Lipinski definition) is 2. The summed E-state index contributed by atoms with van der Waals surface area (Å²) in [7, 11) is 1.69. The molecule has 0 radical (unpaired) electrons. The Labute approximate surface area is 112 Å². The van der Waals surface area contributed by atoms with Gasteiger partial charge in [-0.05, 0) is 31.5 Å². The second-order valence-electron chi connectivity index (χ2n) is 4.73. The van der Waals surface area contributed by atoms with Crippen molar-refractivity contribution in [1.29, 1.82) is 0 Å². The molecule has 1 heterocycles. The van der Waals surface area contributed by atoms with Gasteiger partial charge in [0.25, 0.3) is 0 Å². The zero-order valence-corrected chi connectivity index (χ0v) is 11.1. The number of carbonyl (C=O) groups is 2. The van der Waals surface area contributed by atoms with Crippen LogP contribution in [0.1, 0.15) is 24.1 Å². The lowest BCUT2D eigenvalue weighted by molar-refractivity contribution is -0.151. The highest BCUT2D eigenvalue weighted by Crippen LogP contribution is 2.30. The van der Waals surface area contributed by atoms with Gasteiger partial charge in [0.15, 0.2) is 6.04 Å². The number of hydrogen-bond acceptors (Lipinski definition) is 3. The minimum absolute atomic E-state index is 0.176. The van der Waals surface area contributed by atoms with E-state index in [1.165, 1.54) is 4.90 Å². The number of aliphatic carboxylic acids is 1. The number of rotatable bonds is 3. The number of benzene rings is 1. The summed E-state index contributed by atoms with van der Waals surface area (Å²) in [6.45, 7) is 2.18. The van der Waals surface area contributed by atoms with Crippen LogP contribution in [0.15, 0.2) is 24.3 Å². The summed E-state index contributed by atoms with van der Waals surface area (Å²) in [5.41, 5.74) is 1.73. The molecule has 0 fully saturated rings. The molecule has 0 saturated heterocycles. The van der Waals surface area contributed by atoms with E-state index in [0.29, 0.717) is 13.0 Å². The van der Waals surface area contributed by atoms with Crippen molar-refractivity contribution in [2.24, 2.45) is 0 Å². The summed E-state index contributed by atoms with van der Waals surface area (Å²) >= 11 is 0. The second kappa shape index (κ2) is 5.40. The predicted octanol–water partition coefficient (Wildman–Crippen LogP) is 0.805. The van der Waals surface area contributed by atoms with Gasteiger partial charge < -0.3 is 15.3 Å². The van der Waals surface area contributed by atoms with Crippen LogP contribution in [0.5, 0.6) is 0 Å². The Hall–Kier alpha value is -1.88. The molecule has 0 aromatic heterocycles. The number of nitrogens with zero attached hydrogens (tertiary/aromatic N) is 1. The average Bonchev–Trinajstić information content (AvgIpc) is 2.44. The number of carbonyl (C=O) groups excluding carboxylic acids is 1. The molecule has 102 valence electrons. The third-order valence-electron chi connectivity index (χ3n) is 3.60. The Bertz CT molecular complexity index is 501. The molecule has 1 aliphatic rings. The molecule has 1 aromatic rings. The van der Waals surface area contributed by atoms with Crippen LogP contribution in [0.3, 0.4) is 0 Å². The van der Waals surface area contributed by atoms with E-state index in [4.69, 9.17) is 0 Å². The number of likely N-dealkylation sites (N-methyl/N-ethyl adjacent to an activating group) is 1. The quantitative estimate of drug-likeness (QED) is 0.845. The van der Waals surface area contributed by atoms with Crippen LogP contribution in [0, 0.1) is 0 Å². The molecule has 2 unspecified atom stereocenters. The first-order chi connectivity index (χ1) is 9.06. The smallest absolute Gasteiger partial charge is 0.331 e. The van der Waals surface area contributed by atoms with E-state index in [2.05, 4.69) is 5.32 Å². The lowest BCUT2D eigenvalue weighted by Crippen LogP contribution is -2.50. The molecule has 1 aromatic carbocycles. The normalized spacial score (nSPS) is 19.7. The molecule has 19 heavy (non-hydrogen) atoms. The van der Waals surface area contributed by atoms with Crippen LogP contribution < -0.4 is 5.32 Å². The van der Waals surface area contributed by atoms with Gasteiger partial charge in [-0.25, -0.2) is 4.79 Å². The Morgan fingerprint density at radius 3 is 2.74 bits per heavy atom. The highest BCUT2D eigenvalue weighted by Gasteiger charge is 2.36.